The fraction of sp³-hybridized carbons (Fsp3) is 0.294. The summed E-state index contributed by atoms with van der Waals surface area (Å²) in [6.07, 6.45) is 2.10. The van der Waals surface area contributed by atoms with Gasteiger partial charge in [-0.2, -0.15) is 0 Å². The predicted octanol–water partition coefficient (Wildman–Crippen LogP) is 4.60. The van der Waals surface area contributed by atoms with Crippen molar-refractivity contribution in [2.75, 3.05) is 17.7 Å². The molecule has 1 heterocycles. The largest absolute Gasteiger partial charge is 0.384 e. The predicted molar refractivity (Wildman–Crippen MR) is 89.1 cm³/mol. The second kappa shape index (κ2) is 6.55. The first-order chi connectivity index (χ1) is 9.85. The minimum Gasteiger partial charge on any atom is -0.384 e. The van der Waals surface area contributed by atoms with Crippen LogP contribution in [0.1, 0.15) is 11.1 Å². The fourth-order valence-electron chi connectivity index (χ4n) is 2.50. The van der Waals surface area contributed by atoms with Gasteiger partial charge in [-0.1, -0.05) is 30.3 Å². The Kier molecular flexibility index (Phi) is 4.54. The van der Waals surface area contributed by atoms with E-state index in [4.69, 9.17) is 11.6 Å². The zero-order valence-electron chi connectivity index (χ0n) is 11.3. The molecule has 0 spiro atoms. The Bertz CT molecular complexity index is 542. The van der Waals surface area contributed by atoms with Crippen molar-refractivity contribution < 1.29 is 0 Å². The first-order valence-corrected chi connectivity index (χ1v) is 8.40. The molecule has 2 aromatic rings. The molecule has 1 aliphatic rings. The van der Waals surface area contributed by atoms with Crippen molar-refractivity contribution in [2.24, 2.45) is 0 Å². The standard InChI is InChI=1S/C17H18ClNS/c18-10-9-13-5-7-15(8-6-13)19-12-16-11-14-3-1-2-4-17(14)20-16/h1-8,16,19H,9-12H2. The first kappa shape index (κ1) is 13.8. The maximum Gasteiger partial charge on any atom is 0.0340 e. The van der Waals surface area contributed by atoms with Crippen LogP contribution in [-0.2, 0) is 12.8 Å². The quantitative estimate of drug-likeness (QED) is 0.810. The highest BCUT2D eigenvalue weighted by Crippen LogP contribution is 2.36. The fourth-order valence-corrected chi connectivity index (χ4v) is 3.96. The number of nitrogens with one attached hydrogen (secondary N) is 1. The van der Waals surface area contributed by atoms with Crippen molar-refractivity contribution >= 4 is 29.1 Å². The topological polar surface area (TPSA) is 12.0 Å². The molecule has 0 amide bonds. The van der Waals surface area contributed by atoms with Crippen LogP contribution in [0.4, 0.5) is 5.69 Å². The van der Waals surface area contributed by atoms with E-state index in [2.05, 4.69) is 53.8 Å². The number of thioether (sulfide) groups is 1. The molecule has 1 atom stereocenters. The van der Waals surface area contributed by atoms with Crippen LogP contribution >= 0.6 is 23.4 Å². The summed E-state index contributed by atoms with van der Waals surface area (Å²) in [6.45, 7) is 1.01. The summed E-state index contributed by atoms with van der Waals surface area (Å²) in [5.41, 5.74) is 3.98. The van der Waals surface area contributed by atoms with Gasteiger partial charge in [0.25, 0.3) is 0 Å². The van der Waals surface area contributed by atoms with Crippen LogP contribution in [0.2, 0.25) is 0 Å². The van der Waals surface area contributed by atoms with Crippen LogP contribution in [0.15, 0.2) is 53.4 Å². The van der Waals surface area contributed by atoms with Crippen LogP contribution in [0.25, 0.3) is 0 Å². The Labute approximate surface area is 129 Å². The van der Waals surface area contributed by atoms with Gasteiger partial charge in [0.15, 0.2) is 0 Å². The molecule has 0 radical (unpaired) electrons. The highest BCUT2D eigenvalue weighted by Gasteiger charge is 2.21. The molecule has 104 valence electrons. The van der Waals surface area contributed by atoms with Gasteiger partial charge in [0.1, 0.15) is 0 Å². The normalized spacial score (nSPS) is 16.9. The lowest BCUT2D eigenvalue weighted by molar-refractivity contribution is 0.899. The van der Waals surface area contributed by atoms with Crippen molar-refractivity contribution in [3.63, 3.8) is 0 Å². The average molecular weight is 304 g/mol. The van der Waals surface area contributed by atoms with Crippen molar-refractivity contribution in [2.45, 2.75) is 23.0 Å². The van der Waals surface area contributed by atoms with Crippen LogP contribution in [0, 0.1) is 0 Å². The maximum atomic E-state index is 5.75. The molecule has 20 heavy (non-hydrogen) atoms. The highest BCUT2D eigenvalue weighted by molar-refractivity contribution is 8.00. The van der Waals surface area contributed by atoms with E-state index in [0.29, 0.717) is 11.1 Å². The molecule has 0 fully saturated rings. The second-order valence-electron chi connectivity index (χ2n) is 5.07. The van der Waals surface area contributed by atoms with Gasteiger partial charge < -0.3 is 5.32 Å². The van der Waals surface area contributed by atoms with Crippen LogP contribution in [0.5, 0.6) is 0 Å². The van der Waals surface area contributed by atoms with Gasteiger partial charge in [-0.15, -0.1) is 23.4 Å². The SMILES string of the molecule is ClCCc1ccc(NCC2Cc3ccccc3S2)cc1. The molecule has 2 aromatic carbocycles. The number of hydrogen-bond acceptors (Lipinski definition) is 2. The third-order valence-corrected chi connectivity index (χ3v) is 5.09. The summed E-state index contributed by atoms with van der Waals surface area (Å²) in [4.78, 5) is 1.44. The number of anilines is 1. The van der Waals surface area contributed by atoms with Crippen LogP contribution < -0.4 is 5.32 Å². The summed E-state index contributed by atoms with van der Waals surface area (Å²) >= 11 is 7.74. The van der Waals surface area contributed by atoms with E-state index in [0.717, 1.165) is 19.4 Å². The van der Waals surface area contributed by atoms with E-state index in [-0.39, 0.29) is 0 Å². The molecule has 0 saturated heterocycles. The summed E-state index contributed by atoms with van der Waals surface area (Å²) in [5, 5.41) is 4.17. The van der Waals surface area contributed by atoms with Gasteiger partial charge >= 0.3 is 0 Å². The van der Waals surface area contributed by atoms with Gasteiger partial charge in [-0.3, -0.25) is 0 Å². The number of hydrogen-bond donors (Lipinski definition) is 1. The van der Waals surface area contributed by atoms with Gasteiger partial charge in [-0.25, -0.2) is 0 Å². The summed E-state index contributed by atoms with van der Waals surface area (Å²) in [7, 11) is 0. The van der Waals surface area contributed by atoms with Crippen molar-refractivity contribution in [1.29, 1.82) is 0 Å². The highest BCUT2D eigenvalue weighted by atomic mass is 35.5. The van der Waals surface area contributed by atoms with E-state index in [1.54, 1.807) is 0 Å². The Morgan fingerprint density at radius 2 is 1.90 bits per heavy atom. The number of aryl methyl sites for hydroxylation is 1. The number of benzene rings is 2. The minimum atomic E-state index is 0.634. The van der Waals surface area contributed by atoms with Gasteiger partial charge in [0.05, 0.1) is 0 Å². The average Bonchev–Trinajstić information content (AvgIpc) is 2.90. The number of fused-ring (bicyclic) bond motifs is 1. The van der Waals surface area contributed by atoms with Crippen LogP contribution in [0.3, 0.4) is 0 Å². The lowest BCUT2D eigenvalue weighted by Crippen LogP contribution is -2.15. The van der Waals surface area contributed by atoms with Gasteiger partial charge in [0, 0.05) is 28.3 Å². The summed E-state index contributed by atoms with van der Waals surface area (Å²) in [5.74, 6) is 0.684. The van der Waals surface area contributed by atoms with Crippen molar-refractivity contribution in [3.05, 3.63) is 59.7 Å². The maximum absolute atomic E-state index is 5.75. The van der Waals surface area contributed by atoms with Crippen molar-refractivity contribution in [1.82, 2.24) is 0 Å². The van der Waals surface area contributed by atoms with E-state index < -0.39 is 0 Å². The van der Waals surface area contributed by atoms with E-state index in [9.17, 15) is 0 Å². The van der Waals surface area contributed by atoms with Crippen molar-refractivity contribution in [3.8, 4) is 0 Å². The lowest BCUT2D eigenvalue weighted by Gasteiger charge is -2.11. The summed E-state index contributed by atoms with van der Waals surface area (Å²) in [6, 6.07) is 17.3. The second-order valence-corrected chi connectivity index (χ2v) is 6.79. The molecule has 0 bridgehead atoms. The van der Waals surface area contributed by atoms with E-state index >= 15 is 0 Å². The smallest absolute Gasteiger partial charge is 0.0340 e. The number of halogens is 1. The molecular weight excluding hydrogens is 286 g/mol. The molecule has 0 saturated carbocycles. The Morgan fingerprint density at radius 1 is 1.10 bits per heavy atom. The minimum absolute atomic E-state index is 0.634. The molecule has 0 aromatic heterocycles. The Morgan fingerprint density at radius 3 is 2.65 bits per heavy atom. The molecule has 0 aliphatic carbocycles. The lowest BCUT2D eigenvalue weighted by atomic mass is 10.1. The number of alkyl halides is 1. The monoisotopic (exact) mass is 303 g/mol. The molecule has 1 aliphatic heterocycles. The van der Waals surface area contributed by atoms with Gasteiger partial charge in [-0.05, 0) is 42.2 Å². The molecule has 3 rings (SSSR count). The molecule has 1 N–H and O–H groups in total. The van der Waals surface area contributed by atoms with E-state index in [1.807, 2.05) is 11.8 Å². The number of rotatable bonds is 5. The van der Waals surface area contributed by atoms with E-state index in [1.165, 1.54) is 21.7 Å². The molecule has 1 nitrogen and oxygen atoms in total. The third-order valence-electron chi connectivity index (χ3n) is 3.58. The first-order valence-electron chi connectivity index (χ1n) is 6.98. The zero-order valence-corrected chi connectivity index (χ0v) is 12.9. The third kappa shape index (κ3) is 3.31. The van der Waals surface area contributed by atoms with Gasteiger partial charge in [0.2, 0.25) is 0 Å². The summed E-state index contributed by atoms with van der Waals surface area (Å²) < 4.78 is 0. The Balaban J connectivity index is 1.53. The molecule has 1 unspecified atom stereocenters. The molecular formula is C17H18ClNS. The Hall–Kier alpha value is -1.12. The molecule has 3 heteroatoms. The van der Waals surface area contributed by atoms with Crippen LogP contribution in [-0.4, -0.2) is 17.7 Å². The zero-order chi connectivity index (χ0) is 13.8.